The van der Waals surface area contributed by atoms with Gasteiger partial charge in [0.25, 0.3) is 0 Å². The third kappa shape index (κ3) is 2.93. The largest absolute Gasteiger partial charge is 0.481 e. The van der Waals surface area contributed by atoms with Gasteiger partial charge in [-0.05, 0) is 36.6 Å². The average Bonchev–Trinajstić information content (AvgIpc) is 2.13. The number of halogens is 2. The van der Waals surface area contributed by atoms with Crippen molar-refractivity contribution in [3.63, 3.8) is 0 Å². The van der Waals surface area contributed by atoms with Crippen molar-refractivity contribution in [2.75, 3.05) is 0 Å². The first kappa shape index (κ1) is 12.0. The van der Waals surface area contributed by atoms with Crippen molar-refractivity contribution in [2.45, 2.75) is 20.3 Å². The van der Waals surface area contributed by atoms with Gasteiger partial charge in [0.15, 0.2) is 0 Å². The molecule has 1 atom stereocenters. The molecule has 0 aromatic heterocycles. The number of carboxylic acids is 1. The van der Waals surface area contributed by atoms with E-state index in [1.54, 1.807) is 13.8 Å². The Kier molecular flexibility index (Phi) is 3.69. The molecule has 1 aromatic carbocycles. The SMILES string of the molecule is Cc1cc(Cl)c(F)cc1CC(C)C(=O)O. The van der Waals surface area contributed by atoms with Crippen molar-refractivity contribution in [2.24, 2.45) is 5.92 Å². The van der Waals surface area contributed by atoms with E-state index in [1.807, 2.05) is 0 Å². The van der Waals surface area contributed by atoms with Gasteiger partial charge in [-0.1, -0.05) is 18.5 Å². The molecule has 1 unspecified atom stereocenters. The van der Waals surface area contributed by atoms with Gasteiger partial charge in [-0.25, -0.2) is 4.39 Å². The summed E-state index contributed by atoms with van der Waals surface area (Å²) >= 11 is 5.59. The fourth-order valence-corrected chi connectivity index (χ4v) is 1.54. The van der Waals surface area contributed by atoms with Crippen LogP contribution in [0.25, 0.3) is 0 Å². The van der Waals surface area contributed by atoms with Crippen LogP contribution in [-0.4, -0.2) is 11.1 Å². The summed E-state index contributed by atoms with van der Waals surface area (Å²) in [6, 6.07) is 2.82. The molecular formula is C11H12ClFO2. The highest BCUT2D eigenvalue weighted by Crippen LogP contribution is 2.21. The Bertz CT molecular complexity index is 390. The van der Waals surface area contributed by atoms with Gasteiger partial charge in [0.1, 0.15) is 5.82 Å². The van der Waals surface area contributed by atoms with E-state index in [-0.39, 0.29) is 5.02 Å². The van der Waals surface area contributed by atoms with Crippen molar-refractivity contribution >= 4 is 17.6 Å². The maximum atomic E-state index is 13.1. The summed E-state index contributed by atoms with van der Waals surface area (Å²) in [5.74, 6) is -1.91. The van der Waals surface area contributed by atoms with Gasteiger partial charge in [0, 0.05) is 0 Å². The molecule has 0 aliphatic heterocycles. The lowest BCUT2D eigenvalue weighted by molar-refractivity contribution is -0.141. The molecule has 1 aromatic rings. The monoisotopic (exact) mass is 230 g/mol. The Morgan fingerprint density at radius 2 is 2.20 bits per heavy atom. The number of aliphatic carboxylic acids is 1. The summed E-state index contributed by atoms with van der Waals surface area (Å²) in [5.41, 5.74) is 1.50. The predicted molar refractivity (Wildman–Crippen MR) is 56.7 cm³/mol. The van der Waals surface area contributed by atoms with Gasteiger partial charge in [-0.2, -0.15) is 0 Å². The molecule has 0 spiro atoms. The highest BCUT2D eigenvalue weighted by molar-refractivity contribution is 6.30. The van der Waals surface area contributed by atoms with Crippen molar-refractivity contribution < 1.29 is 14.3 Å². The van der Waals surface area contributed by atoms with Gasteiger partial charge in [0.2, 0.25) is 0 Å². The van der Waals surface area contributed by atoms with Crippen LogP contribution in [0.5, 0.6) is 0 Å². The van der Waals surface area contributed by atoms with Crippen LogP contribution in [0, 0.1) is 18.7 Å². The third-order valence-electron chi connectivity index (χ3n) is 2.33. The molecule has 0 amide bonds. The number of aryl methyl sites for hydroxylation is 1. The zero-order valence-corrected chi connectivity index (χ0v) is 9.31. The van der Waals surface area contributed by atoms with Gasteiger partial charge >= 0.3 is 5.97 Å². The molecule has 0 bridgehead atoms. The Hall–Kier alpha value is -1.09. The molecule has 0 saturated carbocycles. The normalized spacial score (nSPS) is 12.5. The van der Waals surface area contributed by atoms with Gasteiger partial charge in [-0.15, -0.1) is 0 Å². The summed E-state index contributed by atoms with van der Waals surface area (Å²) in [6.45, 7) is 3.38. The quantitative estimate of drug-likeness (QED) is 0.867. The molecular weight excluding hydrogens is 219 g/mol. The van der Waals surface area contributed by atoms with Gasteiger partial charge in [-0.3, -0.25) is 4.79 Å². The summed E-state index contributed by atoms with van der Waals surface area (Å²) in [4.78, 5) is 10.6. The van der Waals surface area contributed by atoms with Crippen LogP contribution in [0.2, 0.25) is 5.02 Å². The number of rotatable bonds is 3. The molecule has 1 N–H and O–H groups in total. The van der Waals surface area contributed by atoms with E-state index in [4.69, 9.17) is 16.7 Å². The van der Waals surface area contributed by atoms with Gasteiger partial charge in [0.05, 0.1) is 10.9 Å². The summed E-state index contributed by atoms with van der Waals surface area (Å²) in [6.07, 6.45) is 0.315. The van der Waals surface area contributed by atoms with E-state index >= 15 is 0 Å². The summed E-state index contributed by atoms with van der Waals surface area (Å²) < 4.78 is 13.1. The van der Waals surface area contributed by atoms with E-state index in [0.29, 0.717) is 12.0 Å². The van der Waals surface area contributed by atoms with Gasteiger partial charge < -0.3 is 5.11 Å². The fourth-order valence-electron chi connectivity index (χ4n) is 1.32. The highest BCUT2D eigenvalue weighted by atomic mass is 35.5. The molecule has 0 aliphatic carbocycles. The maximum absolute atomic E-state index is 13.1. The van der Waals surface area contributed by atoms with Crippen molar-refractivity contribution in [3.05, 3.63) is 34.1 Å². The molecule has 2 nitrogen and oxygen atoms in total. The van der Waals surface area contributed by atoms with Crippen LogP contribution < -0.4 is 0 Å². The smallest absolute Gasteiger partial charge is 0.306 e. The second-order valence-electron chi connectivity index (χ2n) is 3.64. The molecule has 82 valence electrons. The number of carbonyl (C=O) groups is 1. The molecule has 1 rings (SSSR count). The lowest BCUT2D eigenvalue weighted by Gasteiger charge is -2.10. The van der Waals surface area contributed by atoms with Crippen molar-refractivity contribution in [1.29, 1.82) is 0 Å². The molecule has 0 fully saturated rings. The number of carboxylic acid groups (broad SMARTS) is 1. The van der Waals surface area contributed by atoms with E-state index in [1.165, 1.54) is 12.1 Å². The van der Waals surface area contributed by atoms with Crippen LogP contribution in [0.15, 0.2) is 12.1 Å². The Morgan fingerprint density at radius 3 is 2.73 bits per heavy atom. The maximum Gasteiger partial charge on any atom is 0.306 e. The Morgan fingerprint density at radius 1 is 1.60 bits per heavy atom. The zero-order valence-electron chi connectivity index (χ0n) is 8.55. The van der Waals surface area contributed by atoms with Crippen molar-refractivity contribution in [1.82, 2.24) is 0 Å². The second-order valence-corrected chi connectivity index (χ2v) is 4.04. The predicted octanol–water partition coefficient (Wildman–Crippen LogP) is 3.05. The van der Waals surface area contributed by atoms with E-state index in [0.717, 1.165) is 5.56 Å². The molecule has 0 aliphatic rings. The minimum absolute atomic E-state index is 0.0687. The summed E-state index contributed by atoms with van der Waals surface area (Å²) in [5, 5.41) is 8.81. The first-order valence-electron chi connectivity index (χ1n) is 4.59. The third-order valence-corrected chi connectivity index (χ3v) is 2.62. The van der Waals surface area contributed by atoms with E-state index in [2.05, 4.69) is 0 Å². The summed E-state index contributed by atoms with van der Waals surface area (Å²) in [7, 11) is 0. The minimum Gasteiger partial charge on any atom is -0.481 e. The number of hydrogen-bond donors (Lipinski definition) is 1. The lowest BCUT2D eigenvalue weighted by Crippen LogP contribution is -2.13. The Labute approximate surface area is 92.7 Å². The molecule has 0 saturated heterocycles. The van der Waals surface area contributed by atoms with E-state index < -0.39 is 17.7 Å². The standard InChI is InChI=1S/C11H12ClFO2/c1-6-4-9(12)10(13)5-8(6)3-7(2)11(14)15/h4-5,7H,3H2,1-2H3,(H,14,15). The van der Waals surface area contributed by atoms with E-state index in [9.17, 15) is 9.18 Å². The zero-order chi connectivity index (χ0) is 11.6. The first-order valence-corrected chi connectivity index (χ1v) is 4.97. The average molecular weight is 231 g/mol. The fraction of sp³-hybridized carbons (Fsp3) is 0.364. The molecule has 4 heteroatoms. The molecule has 0 heterocycles. The van der Waals surface area contributed by atoms with Crippen molar-refractivity contribution in [3.8, 4) is 0 Å². The topological polar surface area (TPSA) is 37.3 Å². The first-order chi connectivity index (χ1) is 6.91. The number of hydrogen-bond acceptors (Lipinski definition) is 1. The minimum atomic E-state index is -0.884. The number of benzene rings is 1. The van der Waals surface area contributed by atoms with Crippen LogP contribution in [-0.2, 0) is 11.2 Å². The van der Waals surface area contributed by atoms with Crippen LogP contribution in [0.4, 0.5) is 4.39 Å². The highest BCUT2D eigenvalue weighted by Gasteiger charge is 2.14. The second kappa shape index (κ2) is 4.62. The van der Waals surface area contributed by atoms with Crippen LogP contribution in [0.1, 0.15) is 18.1 Å². The van der Waals surface area contributed by atoms with Crippen LogP contribution >= 0.6 is 11.6 Å². The molecule has 0 radical (unpaired) electrons. The van der Waals surface area contributed by atoms with Crippen LogP contribution in [0.3, 0.4) is 0 Å². The lowest BCUT2D eigenvalue weighted by atomic mass is 9.97. The Balaban J connectivity index is 2.95. The molecule has 15 heavy (non-hydrogen) atoms.